The molecule has 1 unspecified atom stereocenters. The predicted molar refractivity (Wildman–Crippen MR) is 65.2 cm³/mol. The molecule has 1 aliphatic rings. The Morgan fingerprint density at radius 2 is 2.12 bits per heavy atom. The molecule has 0 saturated heterocycles. The molecule has 1 saturated carbocycles. The SMILES string of the molecule is CCOC1CC(NS(=O)(=O)CC(C)CCl)C1. The van der Waals surface area contributed by atoms with Crippen LogP contribution in [0.4, 0.5) is 0 Å². The van der Waals surface area contributed by atoms with Gasteiger partial charge in [-0.25, -0.2) is 13.1 Å². The van der Waals surface area contributed by atoms with Crippen LogP contribution in [-0.2, 0) is 14.8 Å². The van der Waals surface area contributed by atoms with Gasteiger partial charge in [-0.05, 0) is 25.7 Å². The van der Waals surface area contributed by atoms with Crippen LogP contribution in [0.1, 0.15) is 26.7 Å². The van der Waals surface area contributed by atoms with Gasteiger partial charge in [0.2, 0.25) is 10.0 Å². The van der Waals surface area contributed by atoms with E-state index in [0.717, 1.165) is 12.8 Å². The van der Waals surface area contributed by atoms with Crippen molar-refractivity contribution in [3.63, 3.8) is 0 Å². The van der Waals surface area contributed by atoms with Crippen molar-refractivity contribution in [1.82, 2.24) is 4.72 Å². The minimum Gasteiger partial charge on any atom is -0.378 e. The standard InChI is InChI=1S/C10H20ClNO3S/c1-3-15-10-4-9(5-10)12-16(13,14)7-8(2)6-11/h8-10,12H,3-7H2,1-2H3. The van der Waals surface area contributed by atoms with Gasteiger partial charge in [0, 0.05) is 18.5 Å². The van der Waals surface area contributed by atoms with Crippen molar-refractivity contribution >= 4 is 21.6 Å². The van der Waals surface area contributed by atoms with Gasteiger partial charge in [-0.1, -0.05) is 6.92 Å². The van der Waals surface area contributed by atoms with Crippen molar-refractivity contribution in [2.24, 2.45) is 5.92 Å². The summed E-state index contributed by atoms with van der Waals surface area (Å²) in [4.78, 5) is 0. The average Bonchev–Trinajstić information content (AvgIpc) is 2.13. The Morgan fingerprint density at radius 1 is 1.50 bits per heavy atom. The monoisotopic (exact) mass is 269 g/mol. The molecular weight excluding hydrogens is 250 g/mol. The summed E-state index contributed by atoms with van der Waals surface area (Å²) in [5.41, 5.74) is 0. The predicted octanol–water partition coefficient (Wildman–Crippen LogP) is 1.35. The quantitative estimate of drug-likeness (QED) is 0.710. The second-order valence-corrected chi connectivity index (χ2v) is 6.51. The summed E-state index contributed by atoms with van der Waals surface area (Å²) in [7, 11) is -3.18. The lowest BCUT2D eigenvalue weighted by molar-refractivity contribution is -0.00476. The van der Waals surface area contributed by atoms with Gasteiger partial charge in [0.15, 0.2) is 0 Å². The molecule has 0 bridgehead atoms. The first-order valence-corrected chi connectivity index (χ1v) is 7.83. The van der Waals surface area contributed by atoms with Gasteiger partial charge in [-0.3, -0.25) is 0 Å². The maximum atomic E-state index is 11.7. The van der Waals surface area contributed by atoms with Crippen LogP contribution in [0.15, 0.2) is 0 Å². The third kappa shape index (κ3) is 4.57. The summed E-state index contributed by atoms with van der Waals surface area (Å²) < 4.78 is 31.4. The number of hydrogen-bond donors (Lipinski definition) is 1. The van der Waals surface area contributed by atoms with Crippen molar-refractivity contribution in [1.29, 1.82) is 0 Å². The fraction of sp³-hybridized carbons (Fsp3) is 1.00. The number of hydrogen-bond acceptors (Lipinski definition) is 3. The first kappa shape index (κ1) is 14.2. The number of alkyl halides is 1. The summed E-state index contributed by atoms with van der Waals surface area (Å²) in [6, 6.07) is 0.0454. The second-order valence-electron chi connectivity index (χ2n) is 4.40. The minimum absolute atomic E-state index is 0.0121. The zero-order valence-corrected chi connectivity index (χ0v) is 11.4. The number of rotatable bonds is 7. The van der Waals surface area contributed by atoms with Crippen LogP contribution in [0.2, 0.25) is 0 Å². The molecule has 0 aromatic carbocycles. The van der Waals surface area contributed by atoms with Crippen molar-refractivity contribution in [2.75, 3.05) is 18.2 Å². The van der Waals surface area contributed by atoms with E-state index in [1.807, 2.05) is 13.8 Å². The molecule has 1 fully saturated rings. The van der Waals surface area contributed by atoms with Gasteiger partial charge in [0.25, 0.3) is 0 Å². The Morgan fingerprint density at radius 3 is 2.62 bits per heavy atom. The highest BCUT2D eigenvalue weighted by Crippen LogP contribution is 2.24. The fourth-order valence-electron chi connectivity index (χ4n) is 1.75. The Labute approximate surface area is 103 Å². The lowest BCUT2D eigenvalue weighted by atomic mass is 9.90. The van der Waals surface area contributed by atoms with Gasteiger partial charge in [0.1, 0.15) is 0 Å². The zero-order valence-electron chi connectivity index (χ0n) is 9.78. The van der Waals surface area contributed by atoms with E-state index < -0.39 is 10.0 Å². The highest BCUT2D eigenvalue weighted by atomic mass is 35.5. The lowest BCUT2D eigenvalue weighted by Gasteiger charge is -2.35. The normalized spacial score (nSPS) is 27.4. The first-order valence-electron chi connectivity index (χ1n) is 5.64. The first-order chi connectivity index (χ1) is 7.46. The van der Waals surface area contributed by atoms with Gasteiger partial charge in [-0.15, -0.1) is 11.6 Å². The second kappa shape index (κ2) is 6.19. The van der Waals surface area contributed by atoms with Crippen LogP contribution in [0.3, 0.4) is 0 Å². The van der Waals surface area contributed by atoms with E-state index in [1.54, 1.807) is 0 Å². The molecule has 96 valence electrons. The van der Waals surface area contributed by atoms with E-state index in [-0.39, 0.29) is 23.8 Å². The molecule has 0 radical (unpaired) electrons. The molecule has 1 N–H and O–H groups in total. The number of ether oxygens (including phenoxy) is 1. The summed E-state index contributed by atoms with van der Waals surface area (Å²) >= 11 is 5.59. The lowest BCUT2D eigenvalue weighted by Crippen LogP contribution is -2.48. The summed E-state index contributed by atoms with van der Waals surface area (Å²) in [6.07, 6.45) is 1.79. The number of sulfonamides is 1. The Bertz CT molecular complexity index is 301. The molecule has 0 amide bonds. The van der Waals surface area contributed by atoms with Crippen molar-refractivity contribution in [2.45, 2.75) is 38.8 Å². The van der Waals surface area contributed by atoms with Crippen LogP contribution in [0.25, 0.3) is 0 Å². The molecule has 6 heteroatoms. The van der Waals surface area contributed by atoms with Gasteiger partial charge in [-0.2, -0.15) is 0 Å². The van der Waals surface area contributed by atoms with Crippen molar-refractivity contribution < 1.29 is 13.2 Å². The van der Waals surface area contributed by atoms with E-state index >= 15 is 0 Å². The molecule has 0 aromatic heterocycles. The van der Waals surface area contributed by atoms with Gasteiger partial charge >= 0.3 is 0 Å². The molecular formula is C10H20ClNO3S. The van der Waals surface area contributed by atoms with E-state index in [0.29, 0.717) is 12.5 Å². The van der Waals surface area contributed by atoms with E-state index in [1.165, 1.54) is 0 Å². The topological polar surface area (TPSA) is 55.4 Å². The largest absolute Gasteiger partial charge is 0.378 e. The molecule has 16 heavy (non-hydrogen) atoms. The van der Waals surface area contributed by atoms with Crippen molar-refractivity contribution in [3.8, 4) is 0 Å². The van der Waals surface area contributed by atoms with Gasteiger partial charge < -0.3 is 4.74 Å². The van der Waals surface area contributed by atoms with Crippen LogP contribution >= 0.6 is 11.6 Å². The molecule has 0 aromatic rings. The number of halogens is 1. The van der Waals surface area contributed by atoms with Crippen LogP contribution < -0.4 is 4.72 Å². The Balaban J connectivity index is 2.27. The number of nitrogens with one attached hydrogen (secondary N) is 1. The fourth-order valence-corrected chi connectivity index (χ4v) is 3.66. The van der Waals surface area contributed by atoms with E-state index in [2.05, 4.69) is 4.72 Å². The van der Waals surface area contributed by atoms with Crippen LogP contribution in [0.5, 0.6) is 0 Å². The molecule has 0 spiro atoms. The molecule has 0 aliphatic heterocycles. The molecule has 1 aliphatic carbocycles. The Hall–Kier alpha value is 0.160. The Kier molecular flexibility index (Phi) is 5.50. The molecule has 0 heterocycles. The maximum absolute atomic E-state index is 11.7. The highest BCUT2D eigenvalue weighted by molar-refractivity contribution is 7.89. The molecule has 1 atom stereocenters. The van der Waals surface area contributed by atoms with E-state index in [9.17, 15) is 8.42 Å². The highest BCUT2D eigenvalue weighted by Gasteiger charge is 2.32. The smallest absolute Gasteiger partial charge is 0.212 e. The summed E-state index contributed by atoms with van der Waals surface area (Å²) in [5, 5.41) is 0. The third-order valence-electron chi connectivity index (χ3n) is 2.61. The van der Waals surface area contributed by atoms with Gasteiger partial charge in [0.05, 0.1) is 11.9 Å². The van der Waals surface area contributed by atoms with Crippen LogP contribution in [-0.4, -0.2) is 38.8 Å². The van der Waals surface area contributed by atoms with E-state index in [4.69, 9.17) is 16.3 Å². The van der Waals surface area contributed by atoms with Crippen LogP contribution in [0, 0.1) is 5.92 Å². The van der Waals surface area contributed by atoms with Crippen molar-refractivity contribution in [3.05, 3.63) is 0 Å². The summed E-state index contributed by atoms with van der Waals surface area (Å²) in [5.74, 6) is 0.460. The average molecular weight is 270 g/mol. The molecule has 4 nitrogen and oxygen atoms in total. The summed E-state index contributed by atoms with van der Waals surface area (Å²) in [6.45, 7) is 4.46. The third-order valence-corrected chi connectivity index (χ3v) is 4.84. The maximum Gasteiger partial charge on any atom is 0.212 e. The molecule has 1 rings (SSSR count). The minimum atomic E-state index is -3.18. The zero-order chi connectivity index (χ0) is 12.2.